The number of likely N-dealkylation sites (N-methyl/N-ethyl adjacent to an activating group) is 1. The van der Waals surface area contributed by atoms with Crippen molar-refractivity contribution in [2.45, 2.75) is 31.9 Å². The first-order valence-electron chi connectivity index (χ1n) is 7.07. The average Bonchev–Trinajstić information content (AvgIpc) is 2.46. The van der Waals surface area contributed by atoms with Gasteiger partial charge in [-0.2, -0.15) is 0 Å². The van der Waals surface area contributed by atoms with Gasteiger partial charge in [0, 0.05) is 19.6 Å². The lowest BCUT2D eigenvalue weighted by atomic mass is 10.1. The fourth-order valence-electron chi connectivity index (χ4n) is 2.11. The van der Waals surface area contributed by atoms with Crippen molar-refractivity contribution in [1.29, 1.82) is 0 Å². The Labute approximate surface area is 125 Å². The van der Waals surface area contributed by atoms with E-state index >= 15 is 0 Å². The van der Waals surface area contributed by atoms with Gasteiger partial charge in [-0.05, 0) is 26.7 Å². The van der Waals surface area contributed by atoms with E-state index in [1.807, 2.05) is 0 Å². The summed E-state index contributed by atoms with van der Waals surface area (Å²) in [7, 11) is -3.55. The van der Waals surface area contributed by atoms with Crippen LogP contribution in [-0.2, 0) is 19.6 Å². The van der Waals surface area contributed by atoms with E-state index in [2.05, 4.69) is 10.0 Å². The highest BCUT2D eigenvalue weighted by Crippen LogP contribution is 2.17. The number of nitrogens with one attached hydrogen (secondary N) is 2. The molecule has 0 unspecified atom stereocenters. The number of carbonyl (C=O) groups is 2. The Balaban J connectivity index is 2.45. The highest BCUT2D eigenvalue weighted by atomic mass is 32.2. The fourth-order valence-corrected chi connectivity index (χ4v) is 3.51. The first kappa shape index (κ1) is 17.7. The number of amides is 2. The Hall–Kier alpha value is -1.35. The largest absolute Gasteiger partial charge is 0.450 e. The lowest BCUT2D eigenvalue weighted by Crippen LogP contribution is -2.47. The first-order valence-corrected chi connectivity index (χ1v) is 8.62. The topological polar surface area (TPSA) is 105 Å². The molecule has 0 atom stereocenters. The van der Waals surface area contributed by atoms with Crippen LogP contribution in [0.5, 0.6) is 0 Å². The number of rotatable bonds is 6. The number of nitrogens with zero attached hydrogens (tertiary/aromatic N) is 1. The van der Waals surface area contributed by atoms with Crippen LogP contribution >= 0.6 is 0 Å². The molecule has 0 saturated carbocycles. The van der Waals surface area contributed by atoms with Crippen LogP contribution in [0.4, 0.5) is 4.79 Å². The number of carbonyl (C=O) groups excluding carboxylic acids is 2. The lowest BCUT2D eigenvalue weighted by molar-refractivity contribution is -0.119. The van der Waals surface area contributed by atoms with Crippen molar-refractivity contribution >= 4 is 22.0 Å². The molecule has 0 radical (unpaired) electrons. The van der Waals surface area contributed by atoms with Gasteiger partial charge >= 0.3 is 6.09 Å². The number of piperidine rings is 1. The van der Waals surface area contributed by atoms with Crippen molar-refractivity contribution in [2.75, 3.05) is 32.8 Å². The Morgan fingerprint density at radius 3 is 2.38 bits per heavy atom. The zero-order chi connectivity index (χ0) is 15.9. The normalized spacial score (nSPS) is 16.6. The third-order valence-electron chi connectivity index (χ3n) is 3.21. The highest BCUT2D eigenvalue weighted by molar-refractivity contribution is 7.90. The SMILES string of the molecule is CCNC(=O)CNS(=O)(=O)C1CCN(C(=O)OCC)CC1. The lowest BCUT2D eigenvalue weighted by Gasteiger charge is -2.30. The molecule has 9 heteroatoms. The Bertz CT molecular complexity index is 458. The molecule has 2 N–H and O–H groups in total. The van der Waals surface area contributed by atoms with Gasteiger partial charge in [-0.25, -0.2) is 17.9 Å². The molecule has 0 aromatic rings. The number of hydrogen-bond acceptors (Lipinski definition) is 5. The van der Waals surface area contributed by atoms with Gasteiger partial charge in [-0.1, -0.05) is 0 Å². The summed E-state index contributed by atoms with van der Waals surface area (Å²) in [4.78, 5) is 24.3. The standard InChI is InChI=1S/C12H23N3O5S/c1-3-13-11(16)9-14-21(18,19)10-5-7-15(8-6-10)12(17)20-4-2/h10,14H,3-9H2,1-2H3,(H,13,16). The van der Waals surface area contributed by atoms with E-state index in [9.17, 15) is 18.0 Å². The second-order valence-electron chi connectivity index (χ2n) is 4.70. The van der Waals surface area contributed by atoms with Gasteiger partial charge < -0.3 is 15.0 Å². The second-order valence-corrected chi connectivity index (χ2v) is 6.75. The molecule has 1 aliphatic heterocycles. The van der Waals surface area contributed by atoms with Gasteiger partial charge in [0.25, 0.3) is 0 Å². The minimum atomic E-state index is -3.55. The van der Waals surface area contributed by atoms with Crippen LogP contribution in [0.15, 0.2) is 0 Å². The van der Waals surface area contributed by atoms with Gasteiger partial charge in [0.2, 0.25) is 15.9 Å². The summed E-state index contributed by atoms with van der Waals surface area (Å²) in [6, 6.07) is 0. The van der Waals surface area contributed by atoms with E-state index in [-0.39, 0.29) is 12.5 Å². The summed E-state index contributed by atoms with van der Waals surface area (Å²) < 4.78 is 31.3. The molecule has 0 aromatic carbocycles. The Kier molecular flexibility index (Phi) is 6.90. The van der Waals surface area contributed by atoms with Gasteiger partial charge in [0.1, 0.15) is 0 Å². The number of hydrogen-bond donors (Lipinski definition) is 2. The molecule has 1 saturated heterocycles. The first-order chi connectivity index (χ1) is 9.90. The van der Waals surface area contributed by atoms with Crippen LogP contribution in [0, 0.1) is 0 Å². The summed E-state index contributed by atoms with van der Waals surface area (Å²) in [6.07, 6.45) is 0.260. The zero-order valence-corrected chi connectivity index (χ0v) is 13.2. The smallest absolute Gasteiger partial charge is 0.409 e. The average molecular weight is 321 g/mol. The molecule has 1 heterocycles. The van der Waals surface area contributed by atoms with Crippen molar-refractivity contribution in [2.24, 2.45) is 0 Å². The molecule has 1 fully saturated rings. The molecule has 0 aliphatic carbocycles. The van der Waals surface area contributed by atoms with Crippen molar-refractivity contribution in [3.8, 4) is 0 Å². The molecular weight excluding hydrogens is 298 g/mol. The third-order valence-corrected chi connectivity index (χ3v) is 5.11. The number of sulfonamides is 1. The molecule has 1 rings (SSSR count). The predicted octanol–water partition coefficient (Wildman–Crippen LogP) is -0.337. The minimum absolute atomic E-state index is 0.256. The van der Waals surface area contributed by atoms with E-state index < -0.39 is 21.4 Å². The molecule has 0 aromatic heterocycles. The van der Waals surface area contributed by atoms with Crippen molar-refractivity contribution in [3.63, 3.8) is 0 Å². The highest BCUT2D eigenvalue weighted by Gasteiger charge is 2.32. The molecule has 0 bridgehead atoms. The maximum atomic E-state index is 12.1. The summed E-state index contributed by atoms with van der Waals surface area (Å²) in [5.41, 5.74) is 0. The van der Waals surface area contributed by atoms with Crippen LogP contribution in [0.1, 0.15) is 26.7 Å². The molecular formula is C12H23N3O5S. The molecule has 1 aliphatic rings. The second kappa shape index (κ2) is 8.18. The summed E-state index contributed by atoms with van der Waals surface area (Å²) in [5, 5.41) is 1.94. The molecule has 21 heavy (non-hydrogen) atoms. The zero-order valence-electron chi connectivity index (χ0n) is 12.4. The van der Waals surface area contributed by atoms with Crippen LogP contribution < -0.4 is 10.0 Å². The van der Waals surface area contributed by atoms with Crippen LogP contribution in [-0.4, -0.2) is 63.4 Å². The molecule has 0 spiro atoms. The summed E-state index contributed by atoms with van der Waals surface area (Å²) in [6.45, 7) is 4.66. The summed E-state index contributed by atoms with van der Waals surface area (Å²) >= 11 is 0. The quantitative estimate of drug-likeness (QED) is 0.696. The molecule has 8 nitrogen and oxygen atoms in total. The van der Waals surface area contributed by atoms with Crippen LogP contribution in [0.25, 0.3) is 0 Å². The molecule has 2 amide bonds. The third kappa shape index (κ3) is 5.50. The Morgan fingerprint density at radius 2 is 1.86 bits per heavy atom. The number of ether oxygens (including phenoxy) is 1. The van der Waals surface area contributed by atoms with Crippen LogP contribution in [0.2, 0.25) is 0 Å². The molecule has 122 valence electrons. The van der Waals surface area contributed by atoms with Crippen molar-refractivity contribution in [1.82, 2.24) is 14.9 Å². The Morgan fingerprint density at radius 1 is 1.24 bits per heavy atom. The van der Waals surface area contributed by atoms with Crippen molar-refractivity contribution in [3.05, 3.63) is 0 Å². The van der Waals surface area contributed by atoms with Crippen LogP contribution in [0.3, 0.4) is 0 Å². The van der Waals surface area contributed by atoms with Gasteiger partial charge in [-0.15, -0.1) is 0 Å². The van der Waals surface area contributed by atoms with Crippen molar-refractivity contribution < 1.29 is 22.7 Å². The van der Waals surface area contributed by atoms with E-state index in [1.54, 1.807) is 13.8 Å². The maximum absolute atomic E-state index is 12.1. The van der Waals surface area contributed by atoms with E-state index in [0.717, 1.165) is 0 Å². The van der Waals surface area contributed by atoms with Gasteiger partial charge in [0.05, 0.1) is 18.4 Å². The van der Waals surface area contributed by atoms with E-state index in [0.29, 0.717) is 39.1 Å². The maximum Gasteiger partial charge on any atom is 0.409 e. The predicted molar refractivity (Wildman–Crippen MR) is 77.2 cm³/mol. The van der Waals surface area contributed by atoms with E-state index in [1.165, 1.54) is 4.90 Å². The van der Waals surface area contributed by atoms with E-state index in [4.69, 9.17) is 4.74 Å². The monoisotopic (exact) mass is 321 g/mol. The number of likely N-dealkylation sites (tertiary alicyclic amines) is 1. The van der Waals surface area contributed by atoms with Gasteiger partial charge in [0.15, 0.2) is 0 Å². The fraction of sp³-hybridized carbons (Fsp3) is 0.833. The minimum Gasteiger partial charge on any atom is -0.450 e. The summed E-state index contributed by atoms with van der Waals surface area (Å²) in [5.74, 6) is -0.356. The van der Waals surface area contributed by atoms with Gasteiger partial charge in [-0.3, -0.25) is 4.79 Å².